The average molecular weight is 381 g/mol. The largest absolute Gasteiger partial charge is 0.475 e. The van der Waals surface area contributed by atoms with Crippen LogP contribution in [0.15, 0.2) is 12.3 Å². The number of alkyl halides is 3. The molecule has 5 nitrogen and oxygen atoms in total. The van der Waals surface area contributed by atoms with E-state index in [9.17, 15) is 13.2 Å². The molecule has 2 rings (SSSR count). The average Bonchev–Trinajstić information content (AvgIpc) is 2.48. The third kappa shape index (κ3) is 4.61. The van der Waals surface area contributed by atoms with Gasteiger partial charge < -0.3 is 10.1 Å². The number of halogens is 5. The van der Waals surface area contributed by atoms with Crippen molar-refractivity contribution in [2.45, 2.75) is 20.0 Å². The van der Waals surface area contributed by atoms with E-state index < -0.39 is 11.7 Å². The summed E-state index contributed by atoms with van der Waals surface area (Å²) in [7, 11) is 0. The van der Waals surface area contributed by atoms with E-state index in [0.29, 0.717) is 35.1 Å². The van der Waals surface area contributed by atoms with Gasteiger partial charge in [-0.25, -0.2) is 15.0 Å². The van der Waals surface area contributed by atoms with Crippen molar-refractivity contribution in [3.05, 3.63) is 39.4 Å². The highest BCUT2D eigenvalue weighted by molar-refractivity contribution is 6.33. The highest BCUT2D eigenvalue weighted by atomic mass is 35.5. The summed E-state index contributed by atoms with van der Waals surface area (Å²) in [4.78, 5) is 11.9. The first kappa shape index (κ1) is 18.5. The summed E-state index contributed by atoms with van der Waals surface area (Å²) in [6, 6.07) is 0.769. The summed E-state index contributed by atoms with van der Waals surface area (Å²) < 4.78 is 42.8. The second-order valence-corrected chi connectivity index (χ2v) is 5.59. The number of pyridine rings is 1. The fourth-order valence-corrected chi connectivity index (χ4v) is 2.19. The van der Waals surface area contributed by atoms with E-state index in [4.69, 9.17) is 27.9 Å². The van der Waals surface area contributed by atoms with E-state index in [0.717, 1.165) is 6.07 Å². The first-order chi connectivity index (χ1) is 11.2. The van der Waals surface area contributed by atoms with Crippen LogP contribution in [0.4, 0.5) is 19.0 Å². The van der Waals surface area contributed by atoms with Crippen molar-refractivity contribution < 1.29 is 17.9 Å². The van der Waals surface area contributed by atoms with Crippen molar-refractivity contribution in [1.82, 2.24) is 15.0 Å². The summed E-state index contributed by atoms with van der Waals surface area (Å²) in [6.45, 7) is 3.90. The second kappa shape index (κ2) is 7.40. The van der Waals surface area contributed by atoms with Crippen molar-refractivity contribution in [3.63, 3.8) is 0 Å². The van der Waals surface area contributed by atoms with E-state index in [1.165, 1.54) is 0 Å². The topological polar surface area (TPSA) is 59.9 Å². The zero-order valence-corrected chi connectivity index (χ0v) is 14.2. The maximum absolute atomic E-state index is 12.5. The Bertz CT molecular complexity index is 741. The van der Waals surface area contributed by atoms with Crippen molar-refractivity contribution in [2.75, 3.05) is 18.5 Å². The van der Waals surface area contributed by atoms with Crippen LogP contribution in [-0.4, -0.2) is 28.1 Å². The number of aryl methyl sites for hydroxylation is 2. The fourth-order valence-electron chi connectivity index (χ4n) is 1.82. The van der Waals surface area contributed by atoms with E-state index in [1.807, 2.05) is 0 Å². The lowest BCUT2D eigenvalue weighted by Crippen LogP contribution is -2.14. The lowest BCUT2D eigenvalue weighted by Gasteiger charge is -2.12. The Balaban J connectivity index is 1.94. The highest BCUT2D eigenvalue weighted by Crippen LogP contribution is 2.33. The molecule has 2 heterocycles. The SMILES string of the molecule is Cc1nc(C)c(Cl)c(NCCOc2ncc(C(F)(F)F)cc2Cl)n1. The fraction of sp³-hybridized carbons (Fsp3) is 0.357. The minimum atomic E-state index is -4.50. The number of rotatable bonds is 5. The van der Waals surface area contributed by atoms with Crippen LogP contribution in [0.5, 0.6) is 5.88 Å². The molecule has 0 saturated heterocycles. The predicted octanol–water partition coefficient (Wildman–Crippen LogP) is 4.30. The van der Waals surface area contributed by atoms with Crippen molar-refractivity contribution in [1.29, 1.82) is 0 Å². The van der Waals surface area contributed by atoms with Crippen LogP contribution in [0, 0.1) is 13.8 Å². The monoisotopic (exact) mass is 380 g/mol. The van der Waals surface area contributed by atoms with E-state index >= 15 is 0 Å². The Morgan fingerprint density at radius 3 is 2.54 bits per heavy atom. The van der Waals surface area contributed by atoms with Gasteiger partial charge in [-0.3, -0.25) is 0 Å². The highest BCUT2D eigenvalue weighted by Gasteiger charge is 2.31. The number of hydrogen-bond donors (Lipinski definition) is 1. The normalized spacial score (nSPS) is 11.5. The van der Waals surface area contributed by atoms with Gasteiger partial charge in [0.2, 0.25) is 5.88 Å². The predicted molar refractivity (Wildman–Crippen MR) is 84.7 cm³/mol. The molecule has 0 unspecified atom stereocenters. The Morgan fingerprint density at radius 1 is 1.21 bits per heavy atom. The lowest BCUT2D eigenvalue weighted by atomic mass is 10.3. The van der Waals surface area contributed by atoms with Gasteiger partial charge in [-0.15, -0.1) is 0 Å². The molecule has 0 atom stereocenters. The van der Waals surface area contributed by atoms with Crippen molar-refractivity contribution >= 4 is 29.0 Å². The van der Waals surface area contributed by atoms with E-state index in [-0.39, 0.29) is 17.5 Å². The number of nitrogens with zero attached hydrogens (tertiary/aromatic N) is 3. The molecule has 0 amide bonds. The van der Waals surface area contributed by atoms with Gasteiger partial charge >= 0.3 is 6.18 Å². The van der Waals surface area contributed by atoms with Crippen LogP contribution in [-0.2, 0) is 6.18 Å². The van der Waals surface area contributed by atoms with Gasteiger partial charge in [-0.1, -0.05) is 23.2 Å². The third-order valence-electron chi connectivity index (χ3n) is 2.90. The molecule has 130 valence electrons. The van der Waals surface area contributed by atoms with Crippen molar-refractivity contribution in [2.24, 2.45) is 0 Å². The summed E-state index contributed by atoms with van der Waals surface area (Å²) in [6.07, 6.45) is -3.83. The van der Waals surface area contributed by atoms with Crippen LogP contribution in [0.25, 0.3) is 0 Å². The summed E-state index contributed by atoms with van der Waals surface area (Å²) in [5.74, 6) is 0.942. The molecule has 2 aromatic rings. The number of nitrogens with one attached hydrogen (secondary N) is 1. The molecule has 10 heteroatoms. The van der Waals surface area contributed by atoms with Crippen LogP contribution < -0.4 is 10.1 Å². The van der Waals surface area contributed by atoms with Gasteiger partial charge in [0.1, 0.15) is 28.3 Å². The Kier molecular flexibility index (Phi) is 5.71. The van der Waals surface area contributed by atoms with Gasteiger partial charge in [0, 0.05) is 6.20 Å². The molecule has 0 aromatic carbocycles. The molecular weight excluding hydrogens is 368 g/mol. The van der Waals surface area contributed by atoms with E-state index in [2.05, 4.69) is 20.3 Å². The maximum Gasteiger partial charge on any atom is 0.417 e. The minimum Gasteiger partial charge on any atom is -0.475 e. The first-order valence-electron chi connectivity index (χ1n) is 6.78. The molecule has 0 aliphatic rings. The van der Waals surface area contributed by atoms with Crippen LogP contribution in [0.2, 0.25) is 10.0 Å². The molecule has 24 heavy (non-hydrogen) atoms. The number of ether oxygens (including phenoxy) is 1. The van der Waals surface area contributed by atoms with Crippen LogP contribution in [0.1, 0.15) is 17.1 Å². The number of aromatic nitrogens is 3. The van der Waals surface area contributed by atoms with Gasteiger partial charge in [0.15, 0.2) is 0 Å². The Hall–Kier alpha value is -1.80. The molecule has 1 N–H and O–H groups in total. The van der Waals surface area contributed by atoms with Gasteiger partial charge in [-0.2, -0.15) is 13.2 Å². The third-order valence-corrected chi connectivity index (χ3v) is 3.62. The first-order valence-corrected chi connectivity index (χ1v) is 7.54. The molecule has 0 aliphatic heterocycles. The second-order valence-electron chi connectivity index (χ2n) is 4.80. The molecule has 0 radical (unpaired) electrons. The summed E-state index contributed by atoms with van der Waals surface area (Å²) >= 11 is 11.8. The number of hydrogen-bond acceptors (Lipinski definition) is 5. The van der Waals surface area contributed by atoms with Gasteiger partial charge in [0.25, 0.3) is 0 Å². The number of anilines is 1. The molecular formula is C14H13Cl2F3N4O. The van der Waals surface area contributed by atoms with Crippen LogP contribution in [0.3, 0.4) is 0 Å². The molecule has 0 bridgehead atoms. The zero-order valence-electron chi connectivity index (χ0n) is 12.7. The van der Waals surface area contributed by atoms with Gasteiger partial charge in [-0.05, 0) is 19.9 Å². The van der Waals surface area contributed by atoms with Crippen molar-refractivity contribution in [3.8, 4) is 5.88 Å². The summed E-state index contributed by atoms with van der Waals surface area (Å²) in [5, 5.41) is 3.14. The Labute approximate surface area is 146 Å². The van der Waals surface area contributed by atoms with Gasteiger partial charge in [0.05, 0.1) is 17.8 Å². The molecule has 0 spiro atoms. The zero-order chi connectivity index (χ0) is 17.9. The van der Waals surface area contributed by atoms with E-state index in [1.54, 1.807) is 13.8 Å². The quantitative estimate of drug-likeness (QED) is 0.783. The van der Waals surface area contributed by atoms with Crippen LogP contribution >= 0.6 is 23.2 Å². The smallest absolute Gasteiger partial charge is 0.417 e. The molecule has 0 saturated carbocycles. The molecule has 0 fully saturated rings. The maximum atomic E-state index is 12.5. The molecule has 0 aliphatic carbocycles. The standard InChI is InChI=1S/C14H13Cl2F3N4O/c1-7-11(16)12(23-8(2)22-7)20-3-4-24-13-10(15)5-9(6-21-13)14(17,18)19/h5-6H,3-4H2,1-2H3,(H,20,22,23). The summed E-state index contributed by atoms with van der Waals surface area (Å²) in [5.41, 5.74) is -0.295. The minimum absolute atomic E-state index is 0.0763. The molecule has 2 aromatic heterocycles. The Morgan fingerprint density at radius 2 is 1.92 bits per heavy atom. The lowest BCUT2D eigenvalue weighted by molar-refractivity contribution is -0.137.